The summed E-state index contributed by atoms with van der Waals surface area (Å²) in [5.41, 5.74) is 0. The number of hydrogen-bond acceptors (Lipinski definition) is 7. The summed E-state index contributed by atoms with van der Waals surface area (Å²) in [5, 5.41) is 0. The van der Waals surface area contributed by atoms with E-state index in [1.807, 2.05) is 21.1 Å². The van der Waals surface area contributed by atoms with Crippen molar-refractivity contribution in [2.75, 3.05) is 47.5 Å². The Balaban J connectivity index is 4.29. The van der Waals surface area contributed by atoms with Gasteiger partial charge in [0.25, 0.3) is 0 Å². The molecule has 0 rings (SSSR count). The van der Waals surface area contributed by atoms with Crippen LogP contribution in [0.3, 0.4) is 0 Å². The number of esters is 2. The van der Waals surface area contributed by atoms with Crippen LogP contribution in [0.2, 0.25) is 0 Å². The van der Waals surface area contributed by atoms with Crippen molar-refractivity contribution in [2.24, 2.45) is 0 Å². The van der Waals surface area contributed by atoms with Crippen LogP contribution in [0.25, 0.3) is 0 Å². The molecule has 0 aliphatic carbocycles. The van der Waals surface area contributed by atoms with Gasteiger partial charge in [-0.05, 0) is 141 Å². The van der Waals surface area contributed by atoms with Crippen molar-refractivity contribution in [3.8, 4) is 0 Å². The van der Waals surface area contributed by atoms with E-state index in [-0.39, 0.29) is 26.1 Å². The average molecular weight is 1180 g/mol. The van der Waals surface area contributed by atoms with Crippen LogP contribution in [-0.2, 0) is 32.7 Å². The number of phosphoric acid groups is 1. The predicted octanol–water partition coefficient (Wildman–Crippen LogP) is 20.9. The standard InChI is InChI=1S/C74H116NO8P/c1-6-8-10-12-14-16-18-20-22-24-26-28-30-32-34-35-36-37-38-39-41-43-45-47-49-51-53-55-57-59-61-63-65-67-74(77)83-72(71-82-84(78,79)81-69-68-75(3,4)5)70-80-73(76)66-64-62-60-58-56-54-52-50-48-46-44-42-40-33-31-29-27-25-23-21-19-17-15-13-11-9-7-2/h8-11,14-17,20-23,26-29,32-34,36-37,39-41,44-47,50-53,72H,6-7,12-13,18-19,24-25,30-31,35,38,42-43,48-49,54-71H2,1-5H3/p+1/b10-8-,11-9-,16-14-,17-15-,22-20-,23-21-,28-26-,29-27-,34-32-,37-36-,40-33-,41-39-,46-44-,47-45-,52-50-,53-51-. The molecule has 470 valence electrons. The van der Waals surface area contributed by atoms with Crippen molar-refractivity contribution in [2.45, 2.75) is 213 Å². The number of likely N-dealkylation sites (N-methyl/N-ethyl adjacent to an activating group) is 1. The second-order valence-corrected chi connectivity index (χ2v) is 23.1. The molecular formula is C74H117NO8P+. The molecule has 0 amide bonds. The van der Waals surface area contributed by atoms with Gasteiger partial charge < -0.3 is 18.9 Å². The smallest absolute Gasteiger partial charge is 0.462 e. The Morgan fingerprint density at radius 2 is 0.643 bits per heavy atom. The third-order valence-electron chi connectivity index (χ3n) is 12.6. The summed E-state index contributed by atoms with van der Waals surface area (Å²) in [4.78, 5) is 35.8. The van der Waals surface area contributed by atoms with Crippen LogP contribution >= 0.6 is 7.82 Å². The van der Waals surface area contributed by atoms with Crippen molar-refractivity contribution in [1.82, 2.24) is 0 Å². The summed E-state index contributed by atoms with van der Waals surface area (Å²) in [7, 11) is 1.42. The average Bonchev–Trinajstić information content (AvgIpc) is 3.61. The highest BCUT2D eigenvalue weighted by Gasteiger charge is 2.27. The van der Waals surface area contributed by atoms with Gasteiger partial charge in [-0.2, -0.15) is 0 Å². The zero-order chi connectivity index (χ0) is 61.2. The van der Waals surface area contributed by atoms with E-state index in [2.05, 4.69) is 208 Å². The summed E-state index contributed by atoms with van der Waals surface area (Å²) < 4.78 is 34.6. The van der Waals surface area contributed by atoms with Crippen LogP contribution < -0.4 is 0 Å². The monoisotopic (exact) mass is 1180 g/mol. The van der Waals surface area contributed by atoms with E-state index in [4.69, 9.17) is 18.5 Å². The number of nitrogens with zero attached hydrogens (tertiary/aromatic N) is 1. The molecule has 0 bridgehead atoms. The largest absolute Gasteiger partial charge is 0.472 e. The van der Waals surface area contributed by atoms with Gasteiger partial charge in [0, 0.05) is 12.8 Å². The topological polar surface area (TPSA) is 108 Å². The van der Waals surface area contributed by atoms with Gasteiger partial charge in [0.05, 0.1) is 27.7 Å². The second kappa shape index (κ2) is 62.4. The molecule has 2 atom stereocenters. The molecular weight excluding hydrogens is 1060 g/mol. The van der Waals surface area contributed by atoms with Crippen LogP contribution in [0.15, 0.2) is 194 Å². The van der Waals surface area contributed by atoms with E-state index in [9.17, 15) is 19.0 Å². The Hall–Kier alpha value is -5.15. The molecule has 0 spiro atoms. The van der Waals surface area contributed by atoms with Gasteiger partial charge in [-0.3, -0.25) is 18.6 Å². The van der Waals surface area contributed by atoms with Crippen LogP contribution in [0, 0.1) is 0 Å². The van der Waals surface area contributed by atoms with E-state index in [1.165, 1.54) is 0 Å². The quantitative estimate of drug-likeness (QED) is 0.0211. The second-order valence-electron chi connectivity index (χ2n) is 21.7. The number of phosphoric ester groups is 1. The van der Waals surface area contributed by atoms with Gasteiger partial charge in [-0.25, -0.2) is 4.57 Å². The van der Waals surface area contributed by atoms with Crippen LogP contribution in [0.5, 0.6) is 0 Å². The molecule has 84 heavy (non-hydrogen) atoms. The van der Waals surface area contributed by atoms with Crippen LogP contribution in [-0.4, -0.2) is 74.9 Å². The van der Waals surface area contributed by atoms with Crippen molar-refractivity contribution in [3.63, 3.8) is 0 Å². The van der Waals surface area contributed by atoms with E-state index in [0.717, 1.165) is 167 Å². The van der Waals surface area contributed by atoms with Gasteiger partial charge in [-0.15, -0.1) is 0 Å². The molecule has 1 N–H and O–H groups in total. The van der Waals surface area contributed by atoms with Crippen molar-refractivity contribution in [1.29, 1.82) is 0 Å². The Labute approximate surface area is 513 Å². The fourth-order valence-corrected chi connectivity index (χ4v) is 8.49. The fraction of sp³-hybridized carbons (Fsp3) is 0.541. The first-order valence-corrected chi connectivity index (χ1v) is 33.7. The first kappa shape index (κ1) is 78.8. The lowest BCUT2D eigenvalue weighted by Crippen LogP contribution is -2.37. The van der Waals surface area contributed by atoms with E-state index < -0.39 is 32.5 Å². The molecule has 0 saturated heterocycles. The van der Waals surface area contributed by atoms with E-state index in [1.54, 1.807) is 0 Å². The molecule has 0 saturated carbocycles. The maximum atomic E-state index is 12.9. The molecule has 10 heteroatoms. The first-order valence-electron chi connectivity index (χ1n) is 32.2. The van der Waals surface area contributed by atoms with Crippen LogP contribution in [0.1, 0.15) is 206 Å². The molecule has 9 nitrogen and oxygen atoms in total. The molecule has 0 heterocycles. The molecule has 0 aromatic rings. The lowest BCUT2D eigenvalue weighted by molar-refractivity contribution is -0.870. The highest BCUT2D eigenvalue weighted by Crippen LogP contribution is 2.43. The summed E-state index contributed by atoms with van der Waals surface area (Å²) in [6.45, 7) is 4.12. The molecule has 0 fully saturated rings. The molecule has 0 aromatic heterocycles. The lowest BCUT2D eigenvalue weighted by Gasteiger charge is -2.24. The van der Waals surface area contributed by atoms with Gasteiger partial charge in [0.1, 0.15) is 19.8 Å². The van der Waals surface area contributed by atoms with Gasteiger partial charge in [-0.1, -0.05) is 247 Å². The van der Waals surface area contributed by atoms with Crippen molar-refractivity contribution < 1.29 is 42.1 Å². The molecule has 2 unspecified atom stereocenters. The molecule has 0 aliphatic rings. The SMILES string of the molecule is CC/C=C\C/C=C\C/C=C\C/C=C\C/C=C\C/C=C\C/C=C\C/C=C\C/C=C\CCCCCCCC(=O)OC(COC(=O)CCCCCCC/C=C\C/C=C\C/C=C\C/C=C\C/C=C\C/C=C\C/C=C\CC)COP(=O)(O)OCC[N+](C)(C)C. The summed E-state index contributed by atoms with van der Waals surface area (Å²) in [5.74, 6) is -0.860. The van der Waals surface area contributed by atoms with E-state index >= 15 is 0 Å². The summed E-state index contributed by atoms with van der Waals surface area (Å²) in [6.07, 6.45) is 97.9. The zero-order valence-electron chi connectivity index (χ0n) is 53.3. The molecule has 0 aliphatic heterocycles. The van der Waals surface area contributed by atoms with Crippen molar-refractivity contribution >= 4 is 19.8 Å². The molecule has 0 aromatic carbocycles. The number of quaternary nitrogens is 1. The van der Waals surface area contributed by atoms with Gasteiger partial charge in [0.2, 0.25) is 0 Å². The third-order valence-corrected chi connectivity index (χ3v) is 13.6. The molecule has 0 radical (unpaired) electrons. The fourth-order valence-electron chi connectivity index (χ4n) is 7.75. The number of carbonyl (C=O) groups excluding carboxylic acids is 2. The van der Waals surface area contributed by atoms with E-state index in [0.29, 0.717) is 23.9 Å². The number of allylic oxidation sites excluding steroid dienone is 32. The highest BCUT2D eigenvalue weighted by molar-refractivity contribution is 7.47. The minimum absolute atomic E-state index is 0.0118. The Kier molecular flexibility index (Phi) is 58.6. The summed E-state index contributed by atoms with van der Waals surface area (Å²) >= 11 is 0. The third kappa shape index (κ3) is 66.0. The first-order chi connectivity index (χ1) is 41.0. The van der Waals surface area contributed by atoms with Gasteiger partial charge >= 0.3 is 19.8 Å². The zero-order valence-corrected chi connectivity index (χ0v) is 54.2. The number of ether oxygens (including phenoxy) is 2. The predicted molar refractivity (Wildman–Crippen MR) is 362 cm³/mol. The number of unbranched alkanes of at least 4 members (excludes halogenated alkanes) is 10. The minimum atomic E-state index is -4.42. The van der Waals surface area contributed by atoms with Crippen molar-refractivity contribution in [3.05, 3.63) is 194 Å². The highest BCUT2D eigenvalue weighted by atomic mass is 31.2. The summed E-state index contributed by atoms with van der Waals surface area (Å²) in [6, 6.07) is 0. The van der Waals surface area contributed by atoms with Gasteiger partial charge in [0.15, 0.2) is 6.10 Å². The Bertz CT molecular complexity index is 2120. The minimum Gasteiger partial charge on any atom is -0.462 e. The Morgan fingerprint density at radius 1 is 0.369 bits per heavy atom. The normalized spacial score (nSPS) is 14.5. The number of carbonyl (C=O) groups is 2. The number of rotatable bonds is 56. The maximum absolute atomic E-state index is 12.9. The maximum Gasteiger partial charge on any atom is 0.472 e. The van der Waals surface area contributed by atoms with Crippen LogP contribution in [0.4, 0.5) is 0 Å². The Morgan fingerprint density at radius 3 is 0.952 bits per heavy atom. The number of hydrogen-bond donors (Lipinski definition) is 1. The lowest BCUT2D eigenvalue weighted by atomic mass is 10.1.